The van der Waals surface area contributed by atoms with Gasteiger partial charge >= 0.3 is 0 Å². The lowest BCUT2D eigenvalue weighted by atomic mass is 9.72. The van der Waals surface area contributed by atoms with Gasteiger partial charge in [-0.1, -0.05) is 39.0 Å². The standard InChI is InChI=1S/C14H27N.C9H16N2O/c1-2-6-13-9-11-15(12-10-13)14-7-4-3-5-8-14;1-8(2)11-5-9(6-11)3-10(4-9)7-12/h13-14H,2-12H2,1H3;7-8H,3-6H2,1-2H3. The topological polar surface area (TPSA) is 26.8 Å². The number of carbonyl (C=O) groups excluding carboxylic acids is 1. The number of hydrogen-bond donors (Lipinski definition) is 0. The van der Waals surface area contributed by atoms with Crippen molar-refractivity contribution in [2.75, 3.05) is 39.3 Å². The highest BCUT2D eigenvalue weighted by Crippen LogP contribution is 2.39. The Bertz CT molecular complexity index is 439. The van der Waals surface area contributed by atoms with Gasteiger partial charge in [0.1, 0.15) is 0 Å². The van der Waals surface area contributed by atoms with Crippen molar-refractivity contribution in [1.82, 2.24) is 14.7 Å². The molecule has 0 radical (unpaired) electrons. The van der Waals surface area contributed by atoms with Crippen LogP contribution in [0.15, 0.2) is 0 Å². The van der Waals surface area contributed by atoms with E-state index in [0.29, 0.717) is 11.5 Å². The number of likely N-dealkylation sites (tertiary alicyclic amines) is 3. The van der Waals surface area contributed by atoms with Crippen molar-refractivity contribution in [3.63, 3.8) is 0 Å². The largest absolute Gasteiger partial charge is 0.344 e. The Morgan fingerprint density at radius 2 is 1.59 bits per heavy atom. The van der Waals surface area contributed by atoms with Gasteiger partial charge in [-0.2, -0.15) is 0 Å². The number of carbonyl (C=O) groups is 1. The molecule has 0 unspecified atom stereocenters. The highest BCUT2D eigenvalue weighted by atomic mass is 16.1. The fraction of sp³-hybridized carbons (Fsp3) is 0.957. The molecule has 1 aliphatic carbocycles. The maximum atomic E-state index is 10.3. The van der Waals surface area contributed by atoms with Gasteiger partial charge in [0.15, 0.2) is 0 Å². The molecule has 1 spiro atoms. The SMILES string of the molecule is CC(C)N1CC2(CN(C=O)C2)C1.CCCC1CCN(C2CCCCC2)CC1. The van der Waals surface area contributed by atoms with Gasteiger partial charge in [0.05, 0.1) is 0 Å². The quantitative estimate of drug-likeness (QED) is 0.678. The Labute approximate surface area is 167 Å². The lowest BCUT2D eigenvalue weighted by molar-refractivity contribution is -0.149. The fourth-order valence-corrected chi connectivity index (χ4v) is 5.73. The predicted molar refractivity (Wildman–Crippen MR) is 113 cm³/mol. The van der Waals surface area contributed by atoms with Crippen molar-refractivity contribution in [1.29, 1.82) is 0 Å². The minimum absolute atomic E-state index is 0.491. The lowest BCUT2D eigenvalue weighted by Gasteiger charge is -2.60. The van der Waals surface area contributed by atoms with Crippen LogP contribution in [0.25, 0.3) is 0 Å². The number of rotatable bonds is 5. The van der Waals surface area contributed by atoms with Gasteiger partial charge in [0, 0.05) is 43.7 Å². The zero-order valence-corrected chi connectivity index (χ0v) is 18.2. The Kier molecular flexibility index (Phi) is 7.61. The molecule has 0 bridgehead atoms. The molecule has 0 N–H and O–H groups in total. The Morgan fingerprint density at radius 3 is 2.11 bits per heavy atom. The van der Waals surface area contributed by atoms with Crippen molar-refractivity contribution in [2.24, 2.45) is 11.3 Å². The molecule has 4 rings (SSSR count). The molecule has 156 valence electrons. The van der Waals surface area contributed by atoms with Crippen molar-refractivity contribution in [2.45, 2.75) is 90.6 Å². The summed E-state index contributed by atoms with van der Waals surface area (Å²) in [5.41, 5.74) is 0.491. The van der Waals surface area contributed by atoms with E-state index in [9.17, 15) is 4.79 Å². The lowest BCUT2D eigenvalue weighted by Crippen LogP contribution is -2.72. The molecule has 1 amide bonds. The summed E-state index contributed by atoms with van der Waals surface area (Å²) >= 11 is 0. The molecular formula is C23H43N3O. The Morgan fingerprint density at radius 1 is 0.963 bits per heavy atom. The average Bonchev–Trinajstić information content (AvgIpc) is 2.62. The van der Waals surface area contributed by atoms with Gasteiger partial charge in [-0.3, -0.25) is 9.69 Å². The summed E-state index contributed by atoms with van der Waals surface area (Å²) in [6.07, 6.45) is 14.2. The summed E-state index contributed by atoms with van der Waals surface area (Å²) in [7, 11) is 0. The average molecular weight is 378 g/mol. The zero-order valence-electron chi connectivity index (χ0n) is 18.2. The van der Waals surface area contributed by atoms with Gasteiger partial charge < -0.3 is 9.80 Å². The first kappa shape index (κ1) is 21.1. The van der Waals surface area contributed by atoms with E-state index in [2.05, 4.69) is 30.6 Å². The zero-order chi connectivity index (χ0) is 19.3. The van der Waals surface area contributed by atoms with E-state index in [-0.39, 0.29) is 0 Å². The maximum Gasteiger partial charge on any atom is 0.209 e. The third kappa shape index (κ3) is 5.47. The summed E-state index contributed by atoms with van der Waals surface area (Å²) in [4.78, 5) is 17.5. The van der Waals surface area contributed by atoms with Crippen LogP contribution >= 0.6 is 0 Å². The fourth-order valence-electron chi connectivity index (χ4n) is 5.73. The number of nitrogens with zero attached hydrogens (tertiary/aromatic N) is 3. The summed E-state index contributed by atoms with van der Waals surface area (Å²) in [6.45, 7) is 13.9. The van der Waals surface area contributed by atoms with E-state index in [1.54, 1.807) is 0 Å². The van der Waals surface area contributed by atoms with Gasteiger partial charge in [-0.25, -0.2) is 0 Å². The van der Waals surface area contributed by atoms with Crippen LogP contribution < -0.4 is 0 Å². The van der Waals surface area contributed by atoms with Crippen LogP contribution in [-0.4, -0.2) is 72.5 Å². The van der Waals surface area contributed by atoms with Gasteiger partial charge in [-0.15, -0.1) is 0 Å². The minimum atomic E-state index is 0.491. The molecule has 0 aromatic carbocycles. The minimum Gasteiger partial charge on any atom is -0.344 e. The highest BCUT2D eigenvalue weighted by molar-refractivity contribution is 5.49. The molecule has 0 aromatic heterocycles. The molecule has 4 heteroatoms. The highest BCUT2D eigenvalue weighted by Gasteiger charge is 2.51. The molecule has 3 aliphatic heterocycles. The second-order valence-corrected chi connectivity index (χ2v) is 10.1. The van der Waals surface area contributed by atoms with Gasteiger partial charge in [0.25, 0.3) is 0 Å². The normalized spacial score (nSPS) is 27.0. The van der Waals surface area contributed by atoms with Crippen LogP contribution in [-0.2, 0) is 4.79 Å². The number of amides is 1. The van der Waals surface area contributed by atoms with Crippen molar-refractivity contribution in [3.05, 3.63) is 0 Å². The predicted octanol–water partition coefficient (Wildman–Crippen LogP) is 4.00. The molecule has 4 aliphatic rings. The molecule has 1 saturated carbocycles. The molecule has 0 atom stereocenters. The molecule has 3 heterocycles. The van der Waals surface area contributed by atoms with E-state index in [1.807, 2.05) is 4.90 Å². The maximum absolute atomic E-state index is 10.3. The van der Waals surface area contributed by atoms with Crippen LogP contribution in [0.3, 0.4) is 0 Å². The van der Waals surface area contributed by atoms with E-state index < -0.39 is 0 Å². The van der Waals surface area contributed by atoms with Crippen molar-refractivity contribution in [3.8, 4) is 0 Å². The van der Waals surface area contributed by atoms with Crippen LogP contribution in [0.2, 0.25) is 0 Å². The summed E-state index contributed by atoms with van der Waals surface area (Å²) in [5.74, 6) is 1.05. The third-order valence-electron chi connectivity index (χ3n) is 7.47. The summed E-state index contributed by atoms with van der Waals surface area (Å²) < 4.78 is 0. The van der Waals surface area contributed by atoms with E-state index in [4.69, 9.17) is 0 Å². The molecule has 0 aromatic rings. The first-order valence-corrected chi connectivity index (χ1v) is 11.7. The molecule has 4 fully saturated rings. The second kappa shape index (κ2) is 9.73. The summed E-state index contributed by atoms with van der Waals surface area (Å²) in [6, 6.07) is 1.63. The van der Waals surface area contributed by atoms with E-state index in [0.717, 1.165) is 31.5 Å². The molecule has 27 heavy (non-hydrogen) atoms. The van der Waals surface area contributed by atoms with Crippen LogP contribution in [0, 0.1) is 11.3 Å². The number of piperidine rings is 1. The third-order valence-corrected chi connectivity index (χ3v) is 7.47. The first-order chi connectivity index (χ1) is 13.0. The van der Waals surface area contributed by atoms with Crippen molar-refractivity contribution < 1.29 is 4.79 Å². The second-order valence-electron chi connectivity index (χ2n) is 10.1. The summed E-state index contributed by atoms with van der Waals surface area (Å²) in [5, 5.41) is 0. The van der Waals surface area contributed by atoms with Crippen LogP contribution in [0.4, 0.5) is 0 Å². The Balaban J connectivity index is 0.000000159. The van der Waals surface area contributed by atoms with E-state index in [1.165, 1.54) is 84.0 Å². The Hall–Kier alpha value is -0.610. The monoisotopic (exact) mass is 377 g/mol. The van der Waals surface area contributed by atoms with Gasteiger partial charge in [0.2, 0.25) is 6.41 Å². The van der Waals surface area contributed by atoms with Gasteiger partial charge in [-0.05, 0) is 58.5 Å². The smallest absolute Gasteiger partial charge is 0.209 e. The van der Waals surface area contributed by atoms with E-state index >= 15 is 0 Å². The number of hydrogen-bond acceptors (Lipinski definition) is 3. The van der Waals surface area contributed by atoms with Crippen molar-refractivity contribution >= 4 is 6.41 Å². The first-order valence-electron chi connectivity index (χ1n) is 11.7. The molecular weight excluding hydrogens is 334 g/mol. The van der Waals surface area contributed by atoms with Crippen LogP contribution in [0.1, 0.15) is 78.6 Å². The molecule has 3 saturated heterocycles. The molecule has 4 nitrogen and oxygen atoms in total. The van der Waals surface area contributed by atoms with Crippen LogP contribution in [0.5, 0.6) is 0 Å².